The second-order valence-corrected chi connectivity index (χ2v) is 12.0. The fourth-order valence-corrected chi connectivity index (χ4v) is 5.45. The van der Waals surface area contributed by atoms with Crippen molar-refractivity contribution in [3.05, 3.63) is 124 Å². The first-order chi connectivity index (χ1) is 25.4. The van der Waals surface area contributed by atoms with Gasteiger partial charge in [-0.2, -0.15) is 20.4 Å². The van der Waals surface area contributed by atoms with Gasteiger partial charge in [0.15, 0.2) is 17.6 Å². The molecule has 3 unspecified atom stereocenters. The molecule has 0 saturated carbocycles. The van der Waals surface area contributed by atoms with Crippen molar-refractivity contribution in [1.29, 1.82) is 0 Å². The normalized spacial score (nSPS) is 20.0. The van der Waals surface area contributed by atoms with E-state index < -0.39 is 30.4 Å². The minimum Gasteiger partial charge on any atom is -0.508 e. The average molecular weight is 707 g/mol. The predicted molar refractivity (Wildman–Crippen MR) is 194 cm³/mol. The number of rotatable bonds is 14. The highest BCUT2D eigenvalue weighted by Crippen LogP contribution is 2.31. The molecular weight excluding hydrogens is 668 g/mol. The van der Waals surface area contributed by atoms with Crippen LogP contribution in [-0.2, 0) is 30.6 Å². The summed E-state index contributed by atoms with van der Waals surface area (Å²) < 4.78 is 22.9. The van der Waals surface area contributed by atoms with Crippen LogP contribution >= 0.6 is 0 Å². The van der Waals surface area contributed by atoms with E-state index in [4.69, 9.17) is 28.7 Å². The Kier molecular flexibility index (Phi) is 12.1. The second kappa shape index (κ2) is 17.5. The maximum Gasteiger partial charge on any atom is 0.338 e. The molecule has 0 amide bonds. The molecule has 2 heterocycles. The van der Waals surface area contributed by atoms with Crippen molar-refractivity contribution in [3.8, 4) is 17.2 Å². The Morgan fingerprint density at radius 3 is 1.90 bits per heavy atom. The largest absolute Gasteiger partial charge is 0.508 e. The Labute approximate surface area is 300 Å². The second-order valence-electron chi connectivity index (χ2n) is 12.0. The quantitative estimate of drug-likeness (QED) is 0.0741. The Morgan fingerprint density at radius 1 is 0.731 bits per heavy atom. The van der Waals surface area contributed by atoms with Gasteiger partial charge in [-0.15, -0.1) is 0 Å². The van der Waals surface area contributed by atoms with E-state index in [1.165, 1.54) is 0 Å². The van der Waals surface area contributed by atoms with Gasteiger partial charge in [0.25, 0.3) is 0 Å². The summed E-state index contributed by atoms with van der Waals surface area (Å²) in [6, 6.07) is 24.5. The van der Waals surface area contributed by atoms with Gasteiger partial charge in [0.1, 0.15) is 30.7 Å². The van der Waals surface area contributed by atoms with Gasteiger partial charge < -0.3 is 29.2 Å². The molecule has 2 aliphatic rings. The molecule has 0 aromatic heterocycles. The summed E-state index contributed by atoms with van der Waals surface area (Å²) in [7, 11) is 0. The highest BCUT2D eigenvalue weighted by molar-refractivity contribution is 5.91. The number of hydrogen-bond donors (Lipinski definition) is 2. The van der Waals surface area contributed by atoms with Crippen molar-refractivity contribution in [3.63, 3.8) is 0 Å². The SMILES string of the molecule is CCOc1cc(C=NN=Cc2ccc(COO[C@@H]3COC4C(OC(=O)c5ccc(C=NN=Cc6ccc(O)c(C)c6)cc5)COC43)cc2)ccc1O. The van der Waals surface area contributed by atoms with Crippen molar-refractivity contribution in [2.75, 3.05) is 19.8 Å². The first kappa shape index (κ1) is 36.1. The molecule has 0 spiro atoms. The van der Waals surface area contributed by atoms with E-state index in [9.17, 15) is 15.0 Å². The zero-order valence-corrected chi connectivity index (χ0v) is 28.6. The number of benzene rings is 4. The summed E-state index contributed by atoms with van der Waals surface area (Å²) in [4.78, 5) is 24.0. The highest BCUT2D eigenvalue weighted by atomic mass is 17.2. The third-order valence-corrected chi connectivity index (χ3v) is 8.23. The van der Waals surface area contributed by atoms with Crippen LogP contribution in [0.5, 0.6) is 17.2 Å². The first-order valence-electron chi connectivity index (χ1n) is 16.7. The topological polar surface area (TPSA) is 162 Å². The Bertz CT molecular complexity index is 1940. The number of esters is 1. The lowest BCUT2D eigenvalue weighted by molar-refractivity contribution is -0.341. The molecule has 52 heavy (non-hydrogen) atoms. The van der Waals surface area contributed by atoms with E-state index in [2.05, 4.69) is 20.4 Å². The molecule has 13 nitrogen and oxygen atoms in total. The molecule has 0 radical (unpaired) electrons. The third kappa shape index (κ3) is 9.53. The summed E-state index contributed by atoms with van der Waals surface area (Å²) in [5, 5.41) is 35.7. The number of nitrogens with zero attached hydrogens (tertiary/aromatic N) is 4. The van der Waals surface area contributed by atoms with Crippen LogP contribution in [-0.4, -0.2) is 85.3 Å². The fourth-order valence-electron chi connectivity index (χ4n) is 5.45. The van der Waals surface area contributed by atoms with Crippen LogP contribution in [0.4, 0.5) is 0 Å². The molecule has 0 aliphatic carbocycles. The number of fused-ring (bicyclic) bond motifs is 1. The van der Waals surface area contributed by atoms with E-state index in [1.54, 1.807) is 79.5 Å². The van der Waals surface area contributed by atoms with Crippen molar-refractivity contribution in [2.24, 2.45) is 20.4 Å². The van der Waals surface area contributed by atoms with Crippen molar-refractivity contribution >= 4 is 30.8 Å². The molecule has 4 aromatic carbocycles. The lowest BCUT2D eigenvalue weighted by Gasteiger charge is -2.17. The van der Waals surface area contributed by atoms with Crippen LogP contribution in [0.2, 0.25) is 0 Å². The summed E-state index contributed by atoms with van der Waals surface area (Å²) in [5.41, 5.74) is 5.20. The van der Waals surface area contributed by atoms with Gasteiger partial charge in [0.2, 0.25) is 0 Å². The molecule has 0 bridgehead atoms. The maximum absolute atomic E-state index is 12.9. The smallest absolute Gasteiger partial charge is 0.338 e. The number of phenolic OH excluding ortho intramolecular Hbond substituents is 2. The fraction of sp³-hybridized carbons (Fsp3) is 0.256. The lowest BCUT2D eigenvalue weighted by Crippen LogP contribution is -2.35. The molecule has 2 N–H and O–H groups in total. The molecule has 6 rings (SSSR count). The Balaban J connectivity index is 0.911. The van der Waals surface area contributed by atoms with Crippen molar-refractivity contribution in [2.45, 2.75) is 44.9 Å². The first-order valence-corrected chi connectivity index (χ1v) is 16.7. The van der Waals surface area contributed by atoms with E-state index in [0.29, 0.717) is 17.9 Å². The molecule has 2 saturated heterocycles. The van der Waals surface area contributed by atoms with Crippen LogP contribution in [0.25, 0.3) is 0 Å². The van der Waals surface area contributed by atoms with Crippen molar-refractivity contribution < 1.29 is 43.7 Å². The zero-order valence-electron chi connectivity index (χ0n) is 28.6. The van der Waals surface area contributed by atoms with Gasteiger partial charge in [-0.1, -0.05) is 36.4 Å². The number of aryl methyl sites for hydroxylation is 1. The number of ether oxygens (including phenoxy) is 4. The molecule has 2 fully saturated rings. The number of aromatic hydroxyl groups is 2. The number of carbonyl (C=O) groups excluding carboxylic acids is 1. The van der Waals surface area contributed by atoms with Gasteiger partial charge in [0, 0.05) is 0 Å². The van der Waals surface area contributed by atoms with Gasteiger partial charge in [-0.25, -0.2) is 14.6 Å². The molecule has 4 aromatic rings. The third-order valence-electron chi connectivity index (χ3n) is 8.23. The molecule has 2 aliphatic heterocycles. The molecule has 268 valence electrons. The average Bonchev–Trinajstić information content (AvgIpc) is 3.75. The summed E-state index contributed by atoms with van der Waals surface area (Å²) in [5.74, 6) is 0.208. The van der Waals surface area contributed by atoms with Crippen LogP contribution in [0.15, 0.2) is 105 Å². The van der Waals surface area contributed by atoms with Gasteiger partial charge in [-0.3, -0.25) is 0 Å². The maximum atomic E-state index is 12.9. The summed E-state index contributed by atoms with van der Waals surface area (Å²) >= 11 is 0. The Hall–Kier alpha value is -5.73. The van der Waals surface area contributed by atoms with Gasteiger partial charge in [0.05, 0.1) is 50.2 Å². The van der Waals surface area contributed by atoms with E-state index in [0.717, 1.165) is 33.4 Å². The molecule has 4 atom stereocenters. The van der Waals surface area contributed by atoms with Crippen LogP contribution < -0.4 is 4.74 Å². The minimum absolute atomic E-state index is 0.0744. The van der Waals surface area contributed by atoms with Crippen LogP contribution in [0.3, 0.4) is 0 Å². The minimum atomic E-state index is -0.586. The molecular formula is C39H38N4O9. The predicted octanol–water partition coefficient (Wildman–Crippen LogP) is 5.55. The van der Waals surface area contributed by atoms with Gasteiger partial charge >= 0.3 is 5.97 Å². The number of carbonyl (C=O) groups is 1. The summed E-state index contributed by atoms with van der Waals surface area (Å²) in [6.07, 6.45) is 4.40. The highest BCUT2D eigenvalue weighted by Gasteiger charge is 2.50. The summed E-state index contributed by atoms with van der Waals surface area (Å²) in [6.45, 7) is 4.72. The molecule has 13 heteroatoms. The number of hydrogen-bond acceptors (Lipinski definition) is 13. The van der Waals surface area contributed by atoms with E-state index in [-0.39, 0.29) is 31.3 Å². The van der Waals surface area contributed by atoms with Crippen LogP contribution in [0, 0.1) is 6.92 Å². The van der Waals surface area contributed by atoms with E-state index in [1.807, 2.05) is 44.2 Å². The zero-order chi connectivity index (χ0) is 36.3. The van der Waals surface area contributed by atoms with E-state index >= 15 is 0 Å². The Morgan fingerprint density at radius 2 is 1.27 bits per heavy atom. The number of phenols is 2. The standard InChI is InChI=1S/C39H38N4O9/c1-3-47-34-17-30(11-15-33(34)45)21-43-40-18-26-4-6-28(7-5-26)22-50-52-36-24-49-37-35(23-48-38(36)37)51-39(46)31-12-8-27(9-13-31)19-41-42-20-29-10-14-32(44)25(2)16-29/h4-21,35-38,44-45H,3,22-24H2,1-2H3/t35?,36-,37?,38?/m1/s1. The lowest BCUT2D eigenvalue weighted by atomic mass is 10.1. The van der Waals surface area contributed by atoms with Gasteiger partial charge in [-0.05, 0) is 95.8 Å². The van der Waals surface area contributed by atoms with Crippen molar-refractivity contribution in [1.82, 2.24) is 0 Å². The van der Waals surface area contributed by atoms with Crippen LogP contribution in [0.1, 0.15) is 50.7 Å². The monoisotopic (exact) mass is 706 g/mol.